The maximum absolute atomic E-state index is 13.2. The van der Waals surface area contributed by atoms with Crippen LogP contribution in [0.15, 0.2) is 78.9 Å². The van der Waals surface area contributed by atoms with Crippen LogP contribution in [0, 0.1) is 0 Å². The molecule has 186 valence electrons. The number of nitrogens with one attached hydrogen (secondary N) is 2. The van der Waals surface area contributed by atoms with Crippen molar-refractivity contribution < 1.29 is 23.7 Å². The van der Waals surface area contributed by atoms with Crippen molar-refractivity contribution in [3.05, 3.63) is 95.6 Å². The molecule has 1 amide bonds. The zero-order chi connectivity index (χ0) is 24.9. The Morgan fingerprint density at radius 2 is 1.46 bits per heavy atom. The fraction of sp³-hybridized carbons (Fsp3) is 0.269. The van der Waals surface area contributed by atoms with Crippen molar-refractivity contribution in [3.63, 3.8) is 0 Å². The van der Waals surface area contributed by atoms with Gasteiger partial charge in [-0.2, -0.15) is 0 Å². The Kier molecular flexibility index (Phi) is 7.99. The van der Waals surface area contributed by atoms with Gasteiger partial charge in [-0.1, -0.05) is 0 Å². The SMILES string of the molecule is COc1ccc(C(N[C@@H](C)C(=O)N[PH]2(O)OCCS2)(c2ccccc2)c2ccc(OC)cc2)cc1. The van der Waals surface area contributed by atoms with Crippen LogP contribution in [0.25, 0.3) is 0 Å². The monoisotopic (exact) mass is 514 g/mol. The minimum atomic E-state index is -3.31. The van der Waals surface area contributed by atoms with Crippen molar-refractivity contribution in [2.75, 3.05) is 26.6 Å². The molecule has 9 heteroatoms. The molecular formula is C26H31N2O5PS. The molecule has 0 spiro atoms. The number of rotatable bonds is 9. The van der Waals surface area contributed by atoms with Crippen LogP contribution in [0.1, 0.15) is 23.6 Å². The predicted molar refractivity (Wildman–Crippen MR) is 142 cm³/mol. The number of carbonyl (C=O) groups excluding carboxylic acids is 1. The van der Waals surface area contributed by atoms with Crippen LogP contribution >= 0.6 is 18.5 Å². The van der Waals surface area contributed by atoms with E-state index in [0.717, 1.165) is 28.2 Å². The molecule has 3 aromatic carbocycles. The van der Waals surface area contributed by atoms with E-state index in [0.29, 0.717) is 12.4 Å². The number of hydrogen-bond acceptors (Lipinski definition) is 7. The van der Waals surface area contributed by atoms with E-state index in [1.807, 2.05) is 78.9 Å². The van der Waals surface area contributed by atoms with E-state index in [-0.39, 0.29) is 5.91 Å². The fourth-order valence-electron chi connectivity index (χ4n) is 4.25. The Balaban J connectivity index is 1.82. The number of hydrogen-bond donors (Lipinski definition) is 3. The van der Waals surface area contributed by atoms with Crippen molar-refractivity contribution in [2.45, 2.75) is 18.5 Å². The van der Waals surface area contributed by atoms with Crippen LogP contribution in [0.5, 0.6) is 11.5 Å². The van der Waals surface area contributed by atoms with Crippen molar-refractivity contribution in [2.24, 2.45) is 0 Å². The normalized spacial score (nSPS) is 16.8. The molecule has 0 aromatic heterocycles. The van der Waals surface area contributed by atoms with E-state index in [4.69, 9.17) is 14.0 Å². The van der Waals surface area contributed by atoms with Crippen LogP contribution in [0.4, 0.5) is 0 Å². The van der Waals surface area contributed by atoms with Gasteiger partial charge in [0.05, 0.1) is 0 Å². The summed E-state index contributed by atoms with van der Waals surface area (Å²) in [5.74, 6) is 1.81. The first-order valence-electron chi connectivity index (χ1n) is 11.3. The minimum absolute atomic E-state index is 0.323. The van der Waals surface area contributed by atoms with E-state index < -0.39 is 18.6 Å². The summed E-state index contributed by atoms with van der Waals surface area (Å²) in [6, 6.07) is 24.9. The Bertz CT molecular complexity index is 1080. The topological polar surface area (TPSA) is 89.1 Å². The molecule has 0 unspecified atom stereocenters. The predicted octanol–water partition coefficient (Wildman–Crippen LogP) is 4.26. The summed E-state index contributed by atoms with van der Waals surface area (Å²) in [7, 11) is -0.0455. The second-order valence-corrected chi connectivity index (χ2v) is 13.1. The summed E-state index contributed by atoms with van der Waals surface area (Å²) in [4.78, 5) is 23.9. The quantitative estimate of drug-likeness (QED) is 0.291. The van der Waals surface area contributed by atoms with E-state index in [1.54, 1.807) is 21.1 Å². The summed E-state index contributed by atoms with van der Waals surface area (Å²) in [6.07, 6.45) is 0. The molecule has 3 N–H and O–H groups in total. The van der Waals surface area contributed by atoms with E-state index in [1.165, 1.54) is 11.4 Å². The molecule has 1 saturated heterocycles. The second-order valence-electron chi connectivity index (χ2n) is 8.21. The molecule has 1 fully saturated rings. The number of ether oxygens (including phenoxy) is 2. The van der Waals surface area contributed by atoms with Gasteiger partial charge in [0.15, 0.2) is 0 Å². The number of methoxy groups -OCH3 is 2. The van der Waals surface area contributed by atoms with Crippen LogP contribution < -0.4 is 19.9 Å². The third kappa shape index (κ3) is 5.47. The molecule has 35 heavy (non-hydrogen) atoms. The molecular weight excluding hydrogens is 483 g/mol. The molecule has 0 bridgehead atoms. The van der Waals surface area contributed by atoms with E-state index >= 15 is 0 Å². The Morgan fingerprint density at radius 3 is 1.91 bits per heavy atom. The first-order chi connectivity index (χ1) is 16.9. The van der Waals surface area contributed by atoms with Gasteiger partial charge in [-0.3, -0.25) is 0 Å². The second kappa shape index (κ2) is 11.0. The third-order valence-electron chi connectivity index (χ3n) is 6.04. The molecule has 0 radical (unpaired) electrons. The van der Waals surface area contributed by atoms with Gasteiger partial charge < -0.3 is 0 Å². The average molecular weight is 515 g/mol. The van der Waals surface area contributed by atoms with Gasteiger partial charge in [0.1, 0.15) is 0 Å². The van der Waals surface area contributed by atoms with Crippen LogP contribution in [0.2, 0.25) is 0 Å². The molecule has 1 heterocycles. The molecule has 4 rings (SSSR count). The van der Waals surface area contributed by atoms with Gasteiger partial charge in [-0.05, 0) is 0 Å². The van der Waals surface area contributed by atoms with Crippen molar-refractivity contribution in [3.8, 4) is 11.5 Å². The molecule has 0 saturated carbocycles. The van der Waals surface area contributed by atoms with Gasteiger partial charge >= 0.3 is 211 Å². The van der Waals surface area contributed by atoms with Gasteiger partial charge in [-0.15, -0.1) is 0 Å². The van der Waals surface area contributed by atoms with Crippen LogP contribution in [-0.2, 0) is 14.9 Å². The molecule has 0 aliphatic carbocycles. The average Bonchev–Trinajstić information content (AvgIpc) is 3.33. The van der Waals surface area contributed by atoms with Crippen LogP contribution in [-0.4, -0.2) is 43.4 Å². The molecule has 1 aliphatic heterocycles. The fourth-order valence-corrected chi connectivity index (χ4v) is 8.07. The summed E-state index contributed by atoms with van der Waals surface area (Å²) < 4.78 is 16.2. The zero-order valence-corrected chi connectivity index (χ0v) is 21.8. The molecule has 1 aliphatic rings. The van der Waals surface area contributed by atoms with E-state index in [9.17, 15) is 9.69 Å². The molecule has 7 nitrogen and oxygen atoms in total. The summed E-state index contributed by atoms with van der Waals surface area (Å²) in [6.45, 7) is 2.22. The number of carbonyl (C=O) groups is 1. The Morgan fingerprint density at radius 1 is 0.943 bits per heavy atom. The molecule has 3 aromatic rings. The van der Waals surface area contributed by atoms with Crippen molar-refractivity contribution >= 4 is 24.4 Å². The summed E-state index contributed by atoms with van der Waals surface area (Å²) in [5, 5.41) is 6.36. The Labute approximate surface area is 210 Å². The number of benzene rings is 3. The first kappa shape index (κ1) is 25.5. The van der Waals surface area contributed by atoms with Gasteiger partial charge in [0.25, 0.3) is 0 Å². The zero-order valence-electron chi connectivity index (χ0n) is 20.0. The van der Waals surface area contributed by atoms with Crippen molar-refractivity contribution in [1.82, 2.24) is 10.4 Å². The maximum atomic E-state index is 13.2. The van der Waals surface area contributed by atoms with Gasteiger partial charge in [0, 0.05) is 0 Å². The third-order valence-corrected chi connectivity index (χ3v) is 10.4. The standard InChI is InChI=1S/C26H31N2O5PS/c1-19(25(29)28-34(30)33-17-18-35-34)27-26(20-7-5-4-6-8-20,21-9-13-23(31-2)14-10-21)22-11-15-24(32-3)16-12-22/h4-16,19,27,30,34H,17-18H2,1-3H3,(H,28,29)/t19-/m0/s1. The molecule has 1 atom stereocenters. The van der Waals surface area contributed by atoms with E-state index in [2.05, 4.69) is 10.4 Å². The summed E-state index contributed by atoms with van der Waals surface area (Å²) in [5.41, 5.74) is 1.93. The first-order valence-corrected chi connectivity index (χ1v) is 14.9. The van der Waals surface area contributed by atoms with Crippen LogP contribution in [0.3, 0.4) is 0 Å². The Hall–Kier alpha value is -2.61. The van der Waals surface area contributed by atoms with Gasteiger partial charge in [0.2, 0.25) is 0 Å². The number of amides is 1. The summed E-state index contributed by atoms with van der Waals surface area (Å²) >= 11 is 1.29. The van der Waals surface area contributed by atoms with Gasteiger partial charge in [-0.25, -0.2) is 0 Å². The van der Waals surface area contributed by atoms with Crippen molar-refractivity contribution in [1.29, 1.82) is 0 Å².